The molecule has 5 nitrogen and oxygen atoms in total. The van der Waals surface area contributed by atoms with Gasteiger partial charge in [0.15, 0.2) is 11.5 Å². The van der Waals surface area contributed by atoms with Gasteiger partial charge in [-0.2, -0.15) is 0 Å². The summed E-state index contributed by atoms with van der Waals surface area (Å²) in [5.41, 5.74) is 1.95. The van der Waals surface area contributed by atoms with Gasteiger partial charge in [-0.25, -0.2) is 4.98 Å². The van der Waals surface area contributed by atoms with Gasteiger partial charge >= 0.3 is 0 Å². The summed E-state index contributed by atoms with van der Waals surface area (Å²) >= 11 is 0. The lowest BCUT2D eigenvalue weighted by atomic mass is 10.0. The molecule has 1 N–H and O–H groups in total. The first-order valence-electron chi connectivity index (χ1n) is 7.23. The van der Waals surface area contributed by atoms with E-state index in [-0.39, 0.29) is 5.54 Å². The van der Waals surface area contributed by atoms with Crippen molar-refractivity contribution in [2.75, 3.05) is 20.3 Å². The van der Waals surface area contributed by atoms with E-state index in [1.165, 1.54) is 0 Å². The Morgan fingerprint density at radius 2 is 1.95 bits per heavy atom. The Balaban J connectivity index is 2.02. The first-order valence-corrected chi connectivity index (χ1v) is 7.23. The molecule has 0 amide bonds. The van der Waals surface area contributed by atoms with E-state index in [1.54, 1.807) is 0 Å². The van der Waals surface area contributed by atoms with E-state index in [9.17, 15) is 0 Å². The van der Waals surface area contributed by atoms with Gasteiger partial charge in [0.25, 0.3) is 0 Å². The SMILES string of the molecule is CNC(C)(C)c1cncn1-c1ccc2c(c1)OCCCO2. The quantitative estimate of drug-likeness (QED) is 0.942. The molecule has 1 aliphatic heterocycles. The fraction of sp³-hybridized carbons (Fsp3) is 0.438. The average molecular weight is 287 g/mol. The number of rotatable bonds is 3. The molecule has 0 bridgehead atoms. The van der Waals surface area contributed by atoms with Gasteiger partial charge in [0.1, 0.15) is 0 Å². The van der Waals surface area contributed by atoms with Crippen molar-refractivity contribution >= 4 is 0 Å². The number of fused-ring (bicyclic) bond motifs is 1. The topological polar surface area (TPSA) is 48.3 Å². The number of aromatic nitrogens is 2. The van der Waals surface area contributed by atoms with Crippen LogP contribution in [0.25, 0.3) is 5.69 Å². The number of ether oxygens (including phenoxy) is 2. The van der Waals surface area contributed by atoms with Crippen LogP contribution >= 0.6 is 0 Å². The van der Waals surface area contributed by atoms with Gasteiger partial charge in [-0.1, -0.05) is 0 Å². The normalized spacial score (nSPS) is 14.8. The number of nitrogens with zero attached hydrogens (tertiary/aromatic N) is 2. The zero-order valence-corrected chi connectivity index (χ0v) is 12.7. The van der Waals surface area contributed by atoms with E-state index in [4.69, 9.17) is 9.47 Å². The maximum Gasteiger partial charge on any atom is 0.163 e. The highest BCUT2D eigenvalue weighted by atomic mass is 16.5. The molecule has 5 heteroatoms. The van der Waals surface area contributed by atoms with E-state index in [2.05, 4.69) is 28.7 Å². The van der Waals surface area contributed by atoms with Crippen molar-refractivity contribution in [1.29, 1.82) is 0 Å². The number of benzene rings is 1. The number of hydrogen-bond acceptors (Lipinski definition) is 4. The van der Waals surface area contributed by atoms with Crippen LogP contribution in [-0.4, -0.2) is 29.8 Å². The van der Waals surface area contributed by atoms with E-state index >= 15 is 0 Å². The van der Waals surface area contributed by atoms with Gasteiger partial charge in [-0.15, -0.1) is 0 Å². The Labute approximate surface area is 124 Å². The minimum Gasteiger partial charge on any atom is -0.490 e. The van der Waals surface area contributed by atoms with E-state index < -0.39 is 0 Å². The number of hydrogen-bond donors (Lipinski definition) is 1. The Morgan fingerprint density at radius 3 is 2.71 bits per heavy atom. The molecule has 1 aromatic heterocycles. The Bertz CT molecular complexity index is 634. The van der Waals surface area contributed by atoms with Crippen molar-refractivity contribution in [1.82, 2.24) is 14.9 Å². The lowest BCUT2D eigenvalue weighted by molar-refractivity contribution is 0.297. The highest BCUT2D eigenvalue weighted by Crippen LogP contribution is 2.33. The second-order valence-electron chi connectivity index (χ2n) is 5.71. The lowest BCUT2D eigenvalue weighted by Gasteiger charge is -2.25. The summed E-state index contributed by atoms with van der Waals surface area (Å²) in [5.74, 6) is 1.61. The molecule has 2 aromatic rings. The molecular formula is C16H21N3O2. The van der Waals surface area contributed by atoms with E-state index in [1.807, 2.05) is 37.8 Å². The molecular weight excluding hydrogens is 266 g/mol. The van der Waals surface area contributed by atoms with Gasteiger partial charge in [-0.05, 0) is 33.0 Å². The molecule has 0 aliphatic carbocycles. The summed E-state index contributed by atoms with van der Waals surface area (Å²) < 4.78 is 13.5. The van der Waals surface area contributed by atoms with Crippen molar-refractivity contribution in [3.8, 4) is 17.2 Å². The molecule has 0 saturated carbocycles. The Morgan fingerprint density at radius 1 is 1.19 bits per heavy atom. The summed E-state index contributed by atoms with van der Waals surface area (Å²) in [5, 5.41) is 3.31. The smallest absolute Gasteiger partial charge is 0.163 e. The molecule has 0 atom stereocenters. The fourth-order valence-corrected chi connectivity index (χ4v) is 2.39. The van der Waals surface area contributed by atoms with Crippen LogP contribution in [0.4, 0.5) is 0 Å². The monoisotopic (exact) mass is 287 g/mol. The third-order valence-electron chi connectivity index (χ3n) is 3.91. The van der Waals surface area contributed by atoms with Crippen LogP contribution < -0.4 is 14.8 Å². The highest BCUT2D eigenvalue weighted by molar-refractivity contribution is 5.50. The van der Waals surface area contributed by atoms with E-state index in [0.717, 1.165) is 29.3 Å². The molecule has 0 fully saturated rings. The van der Waals surface area contributed by atoms with Crippen LogP contribution in [0.1, 0.15) is 26.0 Å². The molecule has 21 heavy (non-hydrogen) atoms. The van der Waals surface area contributed by atoms with Gasteiger partial charge in [-0.3, -0.25) is 0 Å². The fourth-order valence-electron chi connectivity index (χ4n) is 2.39. The van der Waals surface area contributed by atoms with Crippen LogP contribution in [0.2, 0.25) is 0 Å². The summed E-state index contributed by atoms with van der Waals surface area (Å²) in [6.07, 6.45) is 4.63. The molecule has 0 spiro atoms. The zero-order chi connectivity index (χ0) is 14.9. The third-order valence-corrected chi connectivity index (χ3v) is 3.91. The molecule has 112 valence electrons. The van der Waals surface area contributed by atoms with Crippen LogP contribution in [0, 0.1) is 0 Å². The summed E-state index contributed by atoms with van der Waals surface area (Å²) in [6, 6.07) is 6.01. The predicted octanol–water partition coefficient (Wildman–Crippen LogP) is 2.49. The van der Waals surface area contributed by atoms with Crippen LogP contribution in [-0.2, 0) is 5.54 Å². The van der Waals surface area contributed by atoms with E-state index in [0.29, 0.717) is 13.2 Å². The molecule has 1 aromatic carbocycles. The minimum atomic E-state index is -0.166. The van der Waals surface area contributed by atoms with Crippen molar-refractivity contribution in [3.63, 3.8) is 0 Å². The standard InChI is InChI=1S/C16H21N3O2/c1-16(2,17-3)15-10-18-11-19(15)12-5-6-13-14(9-12)21-8-4-7-20-13/h5-6,9-11,17H,4,7-8H2,1-3H3. The first kappa shape index (κ1) is 13.9. The number of nitrogens with one attached hydrogen (secondary N) is 1. The summed E-state index contributed by atoms with van der Waals surface area (Å²) in [4.78, 5) is 4.29. The zero-order valence-electron chi connectivity index (χ0n) is 12.7. The molecule has 0 radical (unpaired) electrons. The van der Waals surface area contributed by atoms with Crippen LogP contribution in [0.15, 0.2) is 30.7 Å². The second-order valence-corrected chi connectivity index (χ2v) is 5.71. The van der Waals surface area contributed by atoms with Gasteiger partial charge in [0.2, 0.25) is 0 Å². The second kappa shape index (κ2) is 5.41. The van der Waals surface area contributed by atoms with Gasteiger partial charge in [0, 0.05) is 12.5 Å². The average Bonchev–Trinajstić information content (AvgIpc) is 2.87. The predicted molar refractivity (Wildman–Crippen MR) is 81.3 cm³/mol. The van der Waals surface area contributed by atoms with Crippen LogP contribution in [0.5, 0.6) is 11.5 Å². The van der Waals surface area contributed by atoms with Crippen molar-refractivity contribution in [2.45, 2.75) is 25.8 Å². The summed E-state index contributed by atoms with van der Waals surface area (Å²) in [6.45, 7) is 5.65. The highest BCUT2D eigenvalue weighted by Gasteiger charge is 2.23. The largest absolute Gasteiger partial charge is 0.490 e. The molecule has 1 aliphatic rings. The van der Waals surface area contributed by atoms with Crippen molar-refractivity contribution < 1.29 is 9.47 Å². The number of imidazole rings is 1. The Kier molecular flexibility index (Phi) is 3.59. The van der Waals surface area contributed by atoms with Gasteiger partial charge < -0.3 is 19.4 Å². The van der Waals surface area contributed by atoms with Crippen molar-refractivity contribution in [2.24, 2.45) is 0 Å². The van der Waals surface area contributed by atoms with Crippen LogP contribution in [0.3, 0.4) is 0 Å². The lowest BCUT2D eigenvalue weighted by Crippen LogP contribution is -2.35. The molecule has 0 saturated heterocycles. The molecule has 0 unspecified atom stereocenters. The maximum absolute atomic E-state index is 5.76. The molecule has 3 rings (SSSR count). The Hall–Kier alpha value is -2.01. The maximum atomic E-state index is 5.76. The van der Waals surface area contributed by atoms with Gasteiger partial charge in [0.05, 0.1) is 42.7 Å². The van der Waals surface area contributed by atoms with Crippen molar-refractivity contribution in [3.05, 3.63) is 36.4 Å². The molecule has 2 heterocycles. The third kappa shape index (κ3) is 2.61. The summed E-state index contributed by atoms with van der Waals surface area (Å²) in [7, 11) is 1.95. The minimum absolute atomic E-state index is 0.166. The first-order chi connectivity index (χ1) is 10.1.